The number of thiocarbonyl (C=S) groups is 1. The van der Waals surface area contributed by atoms with E-state index in [1.807, 2.05) is 13.8 Å². The number of nitrogens with one attached hydrogen (secondary N) is 1. The van der Waals surface area contributed by atoms with Gasteiger partial charge in [-0.05, 0) is 37.0 Å². The number of amides is 1. The zero-order valence-corrected chi connectivity index (χ0v) is 11.4. The Hall–Kier alpha value is -0.640. The van der Waals surface area contributed by atoms with Gasteiger partial charge in [-0.15, -0.1) is 0 Å². The predicted molar refractivity (Wildman–Crippen MR) is 72.5 cm³/mol. The average molecular weight is 254 g/mol. The molecule has 3 nitrogen and oxygen atoms in total. The van der Waals surface area contributed by atoms with Crippen LogP contribution in [0, 0.1) is 23.7 Å². The number of hydrogen-bond donors (Lipinski definition) is 2. The summed E-state index contributed by atoms with van der Waals surface area (Å²) in [7, 11) is 0. The van der Waals surface area contributed by atoms with Crippen molar-refractivity contribution in [3.8, 4) is 0 Å². The summed E-state index contributed by atoms with van der Waals surface area (Å²) in [6.45, 7) is 4.07. The van der Waals surface area contributed by atoms with Gasteiger partial charge in [-0.3, -0.25) is 4.79 Å². The fraction of sp³-hybridized carbons (Fsp3) is 0.846. The average Bonchev–Trinajstić information content (AvgIpc) is 2.85. The fourth-order valence-electron chi connectivity index (χ4n) is 3.39. The first-order valence-electron chi connectivity index (χ1n) is 6.58. The van der Waals surface area contributed by atoms with E-state index in [2.05, 4.69) is 5.32 Å². The monoisotopic (exact) mass is 254 g/mol. The van der Waals surface area contributed by atoms with Gasteiger partial charge < -0.3 is 11.1 Å². The van der Waals surface area contributed by atoms with Crippen LogP contribution >= 0.6 is 12.2 Å². The van der Waals surface area contributed by atoms with E-state index in [0.29, 0.717) is 10.9 Å². The Morgan fingerprint density at radius 2 is 2.06 bits per heavy atom. The second kappa shape index (κ2) is 4.92. The van der Waals surface area contributed by atoms with Crippen molar-refractivity contribution in [3.05, 3.63) is 0 Å². The highest BCUT2D eigenvalue weighted by atomic mass is 32.1. The third kappa shape index (κ3) is 2.62. The van der Waals surface area contributed by atoms with Gasteiger partial charge in [0.05, 0.1) is 11.0 Å². The molecule has 0 aromatic heterocycles. The molecule has 17 heavy (non-hydrogen) atoms. The van der Waals surface area contributed by atoms with Gasteiger partial charge in [0.25, 0.3) is 0 Å². The van der Waals surface area contributed by atoms with Crippen LogP contribution in [0.3, 0.4) is 0 Å². The van der Waals surface area contributed by atoms with E-state index in [9.17, 15) is 4.79 Å². The molecule has 1 amide bonds. The van der Waals surface area contributed by atoms with E-state index in [1.54, 1.807) is 0 Å². The van der Waals surface area contributed by atoms with E-state index >= 15 is 0 Å². The highest BCUT2D eigenvalue weighted by Crippen LogP contribution is 2.48. The molecule has 0 saturated heterocycles. The number of rotatable bonds is 4. The first-order chi connectivity index (χ1) is 7.99. The van der Waals surface area contributed by atoms with Crippen LogP contribution in [0.15, 0.2) is 0 Å². The van der Waals surface area contributed by atoms with Crippen molar-refractivity contribution in [3.63, 3.8) is 0 Å². The van der Waals surface area contributed by atoms with E-state index in [4.69, 9.17) is 18.0 Å². The molecule has 4 unspecified atom stereocenters. The second-order valence-electron chi connectivity index (χ2n) is 5.91. The van der Waals surface area contributed by atoms with Crippen LogP contribution in [0.25, 0.3) is 0 Å². The normalized spacial score (nSPS) is 32.8. The Kier molecular flexibility index (Phi) is 3.71. The molecule has 0 spiro atoms. The van der Waals surface area contributed by atoms with E-state index in [1.165, 1.54) is 19.3 Å². The van der Waals surface area contributed by atoms with E-state index in [-0.39, 0.29) is 23.8 Å². The van der Waals surface area contributed by atoms with Crippen molar-refractivity contribution in [1.82, 2.24) is 5.32 Å². The smallest absolute Gasteiger partial charge is 0.223 e. The molecule has 0 radical (unpaired) electrons. The Morgan fingerprint density at radius 1 is 1.35 bits per heavy atom. The summed E-state index contributed by atoms with van der Waals surface area (Å²) >= 11 is 5.02. The van der Waals surface area contributed by atoms with Gasteiger partial charge >= 0.3 is 0 Å². The van der Waals surface area contributed by atoms with Crippen molar-refractivity contribution in [2.45, 2.75) is 45.6 Å². The van der Waals surface area contributed by atoms with Crippen LogP contribution in [0.5, 0.6) is 0 Å². The van der Waals surface area contributed by atoms with Gasteiger partial charge in [0.15, 0.2) is 0 Å². The molecule has 2 aliphatic carbocycles. The van der Waals surface area contributed by atoms with Crippen LogP contribution < -0.4 is 11.1 Å². The van der Waals surface area contributed by atoms with Gasteiger partial charge in [-0.2, -0.15) is 0 Å². The summed E-state index contributed by atoms with van der Waals surface area (Å²) in [6, 6.07) is -0.156. The molecule has 0 heterocycles. The van der Waals surface area contributed by atoms with Crippen molar-refractivity contribution in [2.24, 2.45) is 29.4 Å². The molecule has 0 aliphatic heterocycles. The Labute approximate surface area is 109 Å². The van der Waals surface area contributed by atoms with Crippen molar-refractivity contribution in [1.29, 1.82) is 0 Å². The molecule has 2 saturated carbocycles. The molecule has 4 atom stereocenters. The molecular weight excluding hydrogens is 232 g/mol. The molecule has 2 fully saturated rings. The van der Waals surface area contributed by atoms with Crippen LogP contribution in [0.4, 0.5) is 0 Å². The lowest BCUT2D eigenvalue weighted by molar-refractivity contribution is -0.127. The summed E-state index contributed by atoms with van der Waals surface area (Å²) in [6.07, 6.45) is 4.86. The minimum Gasteiger partial charge on any atom is -0.392 e. The van der Waals surface area contributed by atoms with Crippen LogP contribution in [0.2, 0.25) is 0 Å². The number of fused-ring (bicyclic) bond motifs is 2. The standard InChI is InChI=1S/C13H22N2OS/c1-7(2)11(12(14)17)15-13(16)10-6-8-3-4-9(10)5-8/h7-11H,3-6H2,1-2H3,(H2,14,17)(H,15,16). The SMILES string of the molecule is CC(C)C(NC(=O)C1CC2CCC1C2)C(N)=S. The minimum atomic E-state index is -0.156. The lowest BCUT2D eigenvalue weighted by Gasteiger charge is -2.26. The number of hydrogen-bond acceptors (Lipinski definition) is 2. The first kappa shape index (κ1) is 12.8. The summed E-state index contributed by atoms with van der Waals surface area (Å²) in [5.74, 6) is 2.04. The molecule has 2 bridgehead atoms. The summed E-state index contributed by atoms with van der Waals surface area (Å²) in [5.41, 5.74) is 5.68. The predicted octanol–water partition coefficient (Wildman–Crippen LogP) is 1.85. The second-order valence-corrected chi connectivity index (χ2v) is 6.39. The van der Waals surface area contributed by atoms with Gasteiger partial charge in [-0.1, -0.05) is 32.5 Å². The van der Waals surface area contributed by atoms with Crippen LogP contribution in [-0.2, 0) is 4.79 Å². The molecule has 2 rings (SSSR count). The van der Waals surface area contributed by atoms with Crippen molar-refractivity contribution < 1.29 is 4.79 Å². The van der Waals surface area contributed by atoms with E-state index in [0.717, 1.165) is 12.3 Å². The lowest BCUT2D eigenvalue weighted by atomic mass is 9.87. The zero-order chi connectivity index (χ0) is 12.6. The lowest BCUT2D eigenvalue weighted by Crippen LogP contribution is -2.49. The molecule has 96 valence electrons. The molecule has 2 aliphatic rings. The van der Waals surface area contributed by atoms with Gasteiger partial charge in [-0.25, -0.2) is 0 Å². The Morgan fingerprint density at radius 3 is 2.47 bits per heavy atom. The largest absolute Gasteiger partial charge is 0.392 e. The summed E-state index contributed by atoms with van der Waals surface area (Å²) in [5, 5.41) is 3.04. The number of carbonyl (C=O) groups is 1. The topological polar surface area (TPSA) is 55.1 Å². The highest BCUT2D eigenvalue weighted by molar-refractivity contribution is 7.80. The van der Waals surface area contributed by atoms with Gasteiger partial charge in [0.2, 0.25) is 5.91 Å². The molecule has 0 aromatic carbocycles. The third-order valence-corrected chi connectivity index (χ3v) is 4.60. The van der Waals surface area contributed by atoms with Crippen molar-refractivity contribution >= 4 is 23.1 Å². The molecule has 0 aromatic rings. The molecular formula is C13H22N2OS. The highest BCUT2D eigenvalue weighted by Gasteiger charge is 2.43. The molecule has 3 N–H and O–H groups in total. The summed E-state index contributed by atoms with van der Waals surface area (Å²) < 4.78 is 0. The number of nitrogens with two attached hydrogens (primary N) is 1. The first-order valence-corrected chi connectivity index (χ1v) is 6.99. The Balaban J connectivity index is 1.94. The maximum Gasteiger partial charge on any atom is 0.223 e. The van der Waals surface area contributed by atoms with Gasteiger partial charge in [0.1, 0.15) is 0 Å². The van der Waals surface area contributed by atoms with Crippen LogP contribution in [-0.4, -0.2) is 16.9 Å². The maximum absolute atomic E-state index is 12.2. The van der Waals surface area contributed by atoms with Crippen LogP contribution in [0.1, 0.15) is 39.5 Å². The third-order valence-electron chi connectivity index (χ3n) is 4.35. The minimum absolute atomic E-state index is 0.156. The fourth-order valence-corrected chi connectivity index (χ4v) is 3.72. The van der Waals surface area contributed by atoms with E-state index < -0.39 is 0 Å². The Bertz CT molecular complexity index is 329. The number of carbonyl (C=O) groups excluding carboxylic acids is 1. The van der Waals surface area contributed by atoms with Gasteiger partial charge in [0, 0.05) is 5.92 Å². The van der Waals surface area contributed by atoms with Crippen molar-refractivity contribution in [2.75, 3.05) is 0 Å². The zero-order valence-electron chi connectivity index (χ0n) is 10.6. The summed E-state index contributed by atoms with van der Waals surface area (Å²) in [4.78, 5) is 12.6. The maximum atomic E-state index is 12.2. The molecule has 4 heteroatoms. The quantitative estimate of drug-likeness (QED) is 0.753.